The second-order valence-electron chi connectivity index (χ2n) is 5.79. The van der Waals surface area contributed by atoms with Crippen LogP contribution >= 0.6 is 0 Å². The Morgan fingerprint density at radius 3 is 2.68 bits per heavy atom. The Kier molecular flexibility index (Phi) is 5.81. The lowest BCUT2D eigenvalue weighted by molar-refractivity contribution is -0.148. The van der Waals surface area contributed by atoms with Crippen molar-refractivity contribution < 1.29 is 19.4 Å². The molecule has 1 amide bonds. The van der Waals surface area contributed by atoms with E-state index in [1.165, 1.54) is 0 Å². The molecule has 0 heterocycles. The molecule has 120 valence electrons. The summed E-state index contributed by atoms with van der Waals surface area (Å²) < 4.78 is 5.57. The van der Waals surface area contributed by atoms with Crippen LogP contribution < -0.4 is 10.1 Å². The van der Waals surface area contributed by atoms with Crippen molar-refractivity contribution in [1.82, 2.24) is 5.32 Å². The highest BCUT2D eigenvalue weighted by atomic mass is 16.5. The molecule has 0 aromatic heterocycles. The van der Waals surface area contributed by atoms with Gasteiger partial charge in [0.15, 0.2) is 0 Å². The minimum absolute atomic E-state index is 0.167. The highest BCUT2D eigenvalue weighted by molar-refractivity contribution is 5.84. The van der Waals surface area contributed by atoms with E-state index in [2.05, 4.69) is 5.32 Å². The number of nitrogens with one attached hydrogen (secondary N) is 1. The summed E-state index contributed by atoms with van der Waals surface area (Å²) in [6, 6.07) is 7.71. The van der Waals surface area contributed by atoms with Crippen LogP contribution in [0.15, 0.2) is 24.3 Å². The number of carboxylic acids is 1. The van der Waals surface area contributed by atoms with Crippen molar-refractivity contribution >= 4 is 11.9 Å². The Bertz CT molecular complexity index is 529. The van der Waals surface area contributed by atoms with Gasteiger partial charge in [0.2, 0.25) is 5.91 Å². The predicted octanol–water partition coefficient (Wildman–Crippen LogP) is 2.38. The van der Waals surface area contributed by atoms with Crippen LogP contribution in [0.4, 0.5) is 0 Å². The lowest BCUT2D eigenvalue weighted by atomic mass is 9.79. The Morgan fingerprint density at radius 1 is 1.27 bits per heavy atom. The summed E-state index contributed by atoms with van der Waals surface area (Å²) in [5, 5.41) is 12.0. The van der Waals surface area contributed by atoms with Gasteiger partial charge in [-0.2, -0.15) is 0 Å². The van der Waals surface area contributed by atoms with E-state index in [0.29, 0.717) is 26.0 Å². The average molecular weight is 305 g/mol. The maximum atomic E-state index is 12.1. The zero-order valence-electron chi connectivity index (χ0n) is 12.9. The summed E-state index contributed by atoms with van der Waals surface area (Å²) in [5.74, 6) is -1.22. The molecule has 0 radical (unpaired) electrons. The SMILES string of the molecule is Cc1cccc(OCCNC(=O)[C@@H]2CCCC[C@H]2C(=O)O)c1. The number of aryl methyl sites for hydroxylation is 1. The molecule has 1 fully saturated rings. The van der Waals surface area contributed by atoms with Crippen LogP contribution in [0.1, 0.15) is 31.2 Å². The Morgan fingerprint density at radius 2 is 2.00 bits per heavy atom. The number of ether oxygens (including phenoxy) is 1. The number of aliphatic carboxylic acids is 1. The van der Waals surface area contributed by atoms with Gasteiger partial charge in [-0.25, -0.2) is 0 Å². The van der Waals surface area contributed by atoms with E-state index in [-0.39, 0.29) is 5.91 Å². The van der Waals surface area contributed by atoms with Gasteiger partial charge < -0.3 is 15.2 Å². The topological polar surface area (TPSA) is 75.6 Å². The van der Waals surface area contributed by atoms with Gasteiger partial charge in [-0.1, -0.05) is 25.0 Å². The van der Waals surface area contributed by atoms with Crippen LogP contribution in [0.25, 0.3) is 0 Å². The number of hydrogen-bond donors (Lipinski definition) is 2. The number of hydrogen-bond acceptors (Lipinski definition) is 3. The Hall–Kier alpha value is -2.04. The molecule has 1 aromatic rings. The maximum Gasteiger partial charge on any atom is 0.307 e. The molecule has 2 rings (SSSR count). The molecule has 22 heavy (non-hydrogen) atoms. The molecule has 1 aliphatic rings. The lowest BCUT2D eigenvalue weighted by Gasteiger charge is -2.27. The average Bonchev–Trinajstić information content (AvgIpc) is 2.51. The van der Waals surface area contributed by atoms with Gasteiger partial charge in [0.25, 0.3) is 0 Å². The second kappa shape index (κ2) is 7.82. The minimum atomic E-state index is -0.865. The number of carboxylic acid groups (broad SMARTS) is 1. The van der Waals surface area contributed by atoms with Crippen molar-refractivity contribution in [2.24, 2.45) is 11.8 Å². The quantitative estimate of drug-likeness (QED) is 0.791. The normalized spacial score (nSPS) is 21.1. The molecule has 0 unspecified atom stereocenters. The van der Waals surface area contributed by atoms with E-state index >= 15 is 0 Å². The summed E-state index contributed by atoms with van der Waals surface area (Å²) >= 11 is 0. The van der Waals surface area contributed by atoms with Gasteiger partial charge in [0.1, 0.15) is 12.4 Å². The molecule has 2 atom stereocenters. The molecule has 1 saturated carbocycles. The molecule has 1 aliphatic carbocycles. The van der Waals surface area contributed by atoms with Crippen molar-refractivity contribution in [3.05, 3.63) is 29.8 Å². The van der Waals surface area contributed by atoms with E-state index < -0.39 is 17.8 Å². The monoisotopic (exact) mass is 305 g/mol. The fourth-order valence-electron chi connectivity index (χ4n) is 2.92. The van der Waals surface area contributed by atoms with Crippen LogP contribution in [-0.2, 0) is 9.59 Å². The summed E-state index contributed by atoms with van der Waals surface area (Å²) in [7, 11) is 0. The van der Waals surface area contributed by atoms with Crippen LogP contribution in [0.2, 0.25) is 0 Å². The van der Waals surface area contributed by atoms with Crippen molar-refractivity contribution in [3.63, 3.8) is 0 Å². The van der Waals surface area contributed by atoms with Crippen molar-refractivity contribution in [3.8, 4) is 5.75 Å². The van der Waals surface area contributed by atoms with Gasteiger partial charge >= 0.3 is 5.97 Å². The molecule has 5 heteroatoms. The molecule has 0 aliphatic heterocycles. The first-order valence-electron chi connectivity index (χ1n) is 7.78. The minimum Gasteiger partial charge on any atom is -0.492 e. The molecule has 0 spiro atoms. The van der Waals surface area contributed by atoms with Gasteiger partial charge in [0, 0.05) is 0 Å². The standard InChI is InChI=1S/C17H23NO4/c1-12-5-4-6-13(11-12)22-10-9-18-16(19)14-7-2-3-8-15(14)17(20)21/h4-6,11,14-15H,2-3,7-10H2,1H3,(H,18,19)(H,20,21)/t14-,15-/m1/s1. The van der Waals surface area contributed by atoms with Gasteiger partial charge in [-0.15, -0.1) is 0 Å². The van der Waals surface area contributed by atoms with Gasteiger partial charge in [0.05, 0.1) is 18.4 Å². The van der Waals surface area contributed by atoms with E-state index in [1.807, 2.05) is 31.2 Å². The van der Waals surface area contributed by atoms with E-state index in [1.54, 1.807) is 0 Å². The fourth-order valence-corrected chi connectivity index (χ4v) is 2.92. The summed E-state index contributed by atoms with van der Waals surface area (Å²) in [6.45, 7) is 2.75. The number of amides is 1. The zero-order chi connectivity index (χ0) is 15.9. The first-order chi connectivity index (χ1) is 10.6. The van der Waals surface area contributed by atoms with E-state index in [4.69, 9.17) is 4.74 Å². The summed E-state index contributed by atoms with van der Waals surface area (Å²) in [4.78, 5) is 23.4. The molecule has 5 nitrogen and oxygen atoms in total. The molecule has 0 saturated heterocycles. The van der Waals surface area contributed by atoms with E-state index in [9.17, 15) is 14.7 Å². The molecular formula is C17H23NO4. The van der Waals surface area contributed by atoms with Gasteiger partial charge in [-0.05, 0) is 37.5 Å². The third kappa shape index (κ3) is 4.48. The predicted molar refractivity (Wildman–Crippen MR) is 82.8 cm³/mol. The highest BCUT2D eigenvalue weighted by Gasteiger charge is 2.35. The van der Waals surface area contributed by atoms with Crippen molar-refractivity contribution in [2.45, 2.75) is 32.6 Å². The van der Waals surface area contributed by atoms with Crippen molar-refractivity contribution in [1.29, 1.82) is 0 Å². The fraction of sp³-hybridized carbons (Fsp3) is 0.529. The van der Waals surface area contributed by atoms with Gasteiger partial charge in [-0.3, -0.25) is 9.59 Å². The largest absolute Gasteiger partial charge is 0.492 e. The maximum absolute atomic E-state index is 12.1. The molecular weight excluding hydrogens is 282 g/mol. The third-order valence-electron chi connectivity index (χ3n) is 4.08. The number of rotatable bonds is 6. The van der Waals surface area contributed by atoms with Crippen molar-refractivity contribution in [2.75, 3.05) is 13.2 Å². The Balaban J connectivity index is 1.76. The zero-order valence-corrected chi connectivity index (χ0v) is 12.9. The first kappa shape index (κ1) is 16.3. The summed E-state index contributed by atoms with van der Waals surface area (Å²) in [5.41, 5.74) is 1.12. The third-order valence-corrected chi connectivity index (χ3v) is 4.08. The van der Waals surface area contributed by atoms with Crippen LogP contribution in [0.5, 0.6) is 5.75 Å². The van der Waals surface area contributed by atoms with Crippen LogP contribution in [-0.4, -0.2) is 30.1 Å². The van der Waals surface area contributed by atoms with E-state index in [0.717, 1.165) is 24.2 Å². The number of carbonyl (C=O) groups excluding carboxylic acids is 1. The van der Waals surface area contributed by atoms with Crippen LogP contribution in [0, 0.1) is 18.8 Å². The summed E-state index contributed by atoms with van der Waals surface area (Å²) in [6.07, 6.45) is 3.05. The number of benzene rings is 1. The second-order valence-corrected chi connectivity index (χ2v) is 5.79. The molecule has 0 bridgehead atoms. The Labute approximate surface area is 130 Å². The van der Waals surface area contributed by atoms with Crippen LogP contribution in [0.3, 0.4) is 0 Å². The molecule has 2 N–H and O–H groups in total. The highest BCUT2D eigenvalue weighted by Crippen LogP contribution is 2.30. The molecule has 1 aromatic carbocycles. The number of carbonyl (C=O) groups is 2. The smallest absolute Gasteiger partial charge is 0.307 e. The first-order valence-corrected chi connectivity index (χ1v) is 7.78. The lowest BCUT2D eigenvalue weighted by Crippen LogP contribution is -2.41.